The molecule has 3 rings (SSSR count). The molecule has 0 aliphatic carbocycles. The zero-order valence-electron chi connectivity index (χ0n) is 16.6. The highest BCUT2D eigenvalue weighted by Gasteiger charge is 2.30. The van der Waals surface area contributed by atoms with Crippen LogP contribution in [0.5, 0.6) is 0 Å². The summed E-state index contributed by atoms with van der Waals surface area (Å²) < 4.78 is 31.7. The van der Waals surface area contributed by atoms with Gasteiger partial charge in [0.25, 0.3) is 0 Å². The van der Waals surface area contributed by atoms with Crippen molar-refractivity contribution in [2.45, 2.75) is 31.8 Å². The van der Waals surface area contributed by atoms with Crippen molar-refractivity contribution in [2.24, 2.45) is 5.92 Å². The third kappa shape index (κ3) is 6.05. The second kappa shape index (κ2) is 10.4. The minimum atomic E-state index is -0.834. The van der Waals surface area contributed by atoms with Gasteiger partial charge in [0.05, 0.1) is 18.3 Å². The molecule has 1 fully saturated rings. The molecule has 156 valence electrons. The molecule has 5 nitrogen and oxygen atoms in total. The highest BCUT2D eigenvalue weighted by Crippen LogP contribution is 2.30. The smallest absolute Gasteiger partial charge is 0.222 e. The Morgan fingerprint density at radius 1 is 1.31 bits per heavy atom. The van der Waals surface area contributed by atoms with Crippen molar-refractivity contribution in [1.82, 2.24) is 15.2 Å². The van der Waals surface area contributed by atoms with Crippen LogP contribution < -0.4 is 5.32 Å². The average Bonchev–Trinajstić information content (AvgIpc) is 2.74. The number of hydrogen-bond acceptors (Lipinski definition) is 4. The summed E-state index contributed by atoms with van der Waals surface area (Å²) in [6, 6.07) is 9.52. The maximum atomic E-state index is 13.5. The van der Waals surface area contributed by atoms with Crippen molar-refractivity contribution in [3.8, 4) is 0 Å². The summed E-state index contributed by atoms with van der Waals surface area (Å²) in [7, 11) is 1.57. The third-order valence-electron chi connectivity index (χ3n) is 5.26. The molecule has 7 heteroatoms. The zero-order valence-corrected chi connectivity index (χ0v) is 16.6. The maximum Gasteiger partial charge on any atom is 0.222 e. The summed E-state index contributed by atoms with van der Waals surface area (Å²) >= 11 is 0. The Morgan fingerprint density at radius 2 is 2.17 bits per heavy atom. The van der Waals surface area contributed by atoms with Gasteiger partial charge in [0.2, 0.25) is 5.91 Å². The standard InChI is InChI=1S/C22H27F2N3O2/c1-29-12-9-21(28)26-22(20-6-2-3-10-25-20)17-5-4-11-27(15-17)14-16-7-8-18(23)19(24)13-16/h2-3,6-8,10,13,17,22H,4-5,9,11-12,14-15H2,1H3,(H,26,28)/t17-,22+/m1/s1. The van der Waals surface area contributed by atoms with Crippen molar-refractivity contribution in [3.05, 3.63) is 65.5 Å². The average molecular weight is 403 g/mol. The molecule has 0 bridgehead atoms. The van der Waals surface area contributed by atoms with Crippen molar-refractivity contribution in [1.29, 1.82) is 0 Å². The molecule has 1 aromatic carbocycles. The first-order valence-electron chi connectivity index (χ1n) is 9.92. The molecular formula is C22H27F2N3O2. The van der Waals surface area contributed by atoms with Crippen LogP contribution in [0.4, 0.5) is 8.78 Å². The molecule has 1 amide bonds. The lowest BCUT2D eigenvalue weighted by molar-refractivity contribution is -0.123. The van der Waals surface area contributed by atoms with Gasteiger partial charge in [0.1, 0.15) is 0 Å². The molecule has 2 atom stereocenters. The van der Waals surface area contributed by atoms with Gasteiger partial charge in [-0.2, -0.15) is 0 Å². The van der Waals surface area contributed by atoms with Gasteiger partial charge in [-0.25, -0.2) is 8.78 Å². The number of amides is 1. The number of pyridine rings is 1. The van der Waals surface area contributed by atoms with Gasteiger partial charge in [-0.1, -0.05) is 12.1 Å². The number of benzene rings is 1. The van der Waals surface area contributed by atoms with Crippen molar-refractivity contribution < 1.29 is 18.3 Å². The van der Waals surface area contributed by atoms with E-state index in [1.165, 1.54) is 12.1 Å². The first-order chi connectivity index (χ1) is 14.1. The van der Waals surface area contributed by atoms with Crippen molar-refractivity contribution >= 4 is 5.91 Å². The highest BCUT2D eigenvalue weighted by molar-refractivity contribution is 5.76. The lowest BCUT2D eigenvalue weighted by Crippen LogP contribution is -2.43. The topological polar surface area (TPSA) is 54.5 Å². The molecule has 29 heavy (non-hydrogen) atoms. The maximum absolute atomic E-state index is 13.5. The number of halogens is 2. The summed E-state index contributed by atoms with van der Waals surface area (Å²) in [4.78, 5) is 19.0. The summed E-state index contributed by atoms with van der Waals surface area (Å²) in [5.74, 6) is -1.55. The van der Waals surface area contributed by atoms with Gasteiger partial charge in [-0.15, -0.1) is 0 Å². The van der Waals surface area contributed by atoms with E-state index in [1.54, 1.807) is 19.4 Å². The SMILES string of the molecule is COCCC(=O)N[C@H](c1ccccn1)[C@@H]1CCCN(Cc2ccc(F)c(F)c2)C1. The monoisotopic (exact) mass is 403 g/mol. The van der Waals surface area contributed by atoms with Crippen LogP contribution in [0.3, 0.4) is 0 Å². The van der Waals surface area contributed by atoms with E-state index in [9.17, 15) is 13.6 Å². The molecule has 0 spiro atoms. The minimum Gasteiger partial charge on any atom is -0.384 e. The fourth-order valence-electron chi connectivity index (χ4n) is 3.84. The minimum absolute atomic E-state index is 0.0692. The molecule has 1 saturated heterocycles. The molecule has 0 radical (unpaired) electrons. The summed E-state index contributed by atoms with van der Waals surface area (Å²) in [6.07, 6.45) is 3.95. The molecule has 1 aliphatic heterocycles. The van der Waals surface area contributed by atoms with Gasteiger partial charge in [-0.05, 0) is 55.1 Å². The molecule has 2 heterocycles. The van der Waals surface area contributed by atoms with Crippen LogP contribution in [0.25, 0.3) is 0 Å². The number of nitrogens with one attached hydrogen (secondary N) is 1. The zero-order chi connectivity index (χ0) is 20.6. The summed E-state index contributed by atoms with van der Waals surface area (Å²) in [6.45, 7) is 2.53. The van der Waals surface area contributed by atoms with E-state index in [1.807, 2.05) is 18.2 Å². The number of carbonyl (C=O) groups excluding carboxylic acids is 1. The quantitative estimate of drug-likeness (QED) is 0.733. The lowest BCUT2D eigenvalue weighted by Gasteiger charge is -2.37. The van der Waals surface area contributed by atoms with E-state index in [0.29, 0.717) is 19.6 Å². The van der Waals surface area contributed by atoms with Crippen LogP contribution >= 0.6 is 0 Å². The number of piperidine rings is 1. The molecule has 1 aromatic heterocycles. The Morgan fingerprint density at radius 3 is 2.90 bits per heavy atom. The van der Waals surface area contributed by atoms with Gasteiger partial charge < -0.3 is 10.1 Å². The fraction of sp³-hybridized carbons (Fsp3) is 0.455. The Hall–Kier alpha value is -2.38. The van der Waals surface area contributed by atoms with Crippen molar-refractivity contribution in [3.63, 3.8) is 0 Å². The van der Waals surface area contributed by atoms with Gasteiger partial charge in [0.15, 0.2) is 11.6 Å². The van der Waals surface area contributed by atoms with Crippen LogP contribution in [0.15, 0.2) is 42.6 Å². The van der Waals surface area contributed by atoms with E-state index < -0.39 is 11.6 Å². The molecule has 2 aromatic rings. The number of likely N-dealkylation sites (tertiary alicyclic amines) is 1. The number of ether oxygens (including phenoxy) is 1. The predicted molar refractivity (Wildman–Crippen MR) is 106 cm³/mol. The van der Waals surface area contributed by atoms with Crippen LogP contribution in [-0.4, -0.2) is 42.6 Å². The van der Waals surface area contributed by atoms with E-state index in [4.69, 9.17) is 4.74 Å². The van der Waals surface area contributed by atoms with Crippen LogP contribution in [-0.2, 0) is 16.1 Å². The Balaban J connectivity index is 1.71. The number of carbonyl (C=O) groups is 1. The first kappa shape index (κ1) is 21.3. The summed E-state index contributed by atoms with van der Waals surface area (Å²) in [5.41, 5.74) is 1.57. The Bertz CT molecular complexity index is 804. The van der Waals surface area contributed by atoms with Crippen LogP contribution in [0, 0.1) is 17.6 Å². The Kier molecular flexibility index (Phi) is 7.66. The first-order valence-corrected chi connectivity index (χ1v) is 9.92. The Labute approximate surface area is 170 Å². The molecule has 0 saturated carbocycles. The van der Waals surface area contributed by atoms with E-state index in [0.717, 1.165) is 37.2 Å². The number of hydrogen-bond donors (Lipinski definition) is 1. The number of rotatable bonds is 8. The molecule has 0 unspecified atom stereocenters. The normalized spacial score (nSPS) is 18.4. The second-order valence-electron chi connectivity index (χ2n) is 7.43. The fourth-order valence-corrected chi connectivity index (χ4v) is 3.84. The molecule has 1 N–H and O–H groups in total. The molecule has 1 aliphatic rings. The van der Waals surface area contributed by atoms with E-state index in [2.05, 4.69) is 15.2 Å². The second-order valence-corrected chi connectivity index (χ2v) is 7.43. The predicted octanol–water partition coefficient (Wildman–Crippen LogP) is 3.47. The lowest BCUT2D eigenvalue weighted by atomic mass is 9.88. The largest absolute Gasteiger partial charge is 0.384 e. The molecular weight excluding hydrogens is 376 g/mol. The highest BCUT2D eigenvalue weighted by atomic mass is 19.2. The van der Waals surface area contributed by atoms with Crippen LogP contribution in [0.2, 0.25) is 0 Å². The van der Waals surface area contributed by atoms with Gasteiger partial charge >= 0.3 is 0 Å². The number of aromatic nitrogens is 1. The third-order valence-corrected chi connectivity index (χ3v) is 5.26. The van der Waals surface area contributed by atoms with Crippen LogP contribution in [0.1, 0.15) is 36.6 Å². The van der Waals surface area contributed by atoms with E-state index in [-0.39, 0.29) is 17.9 Å². The van der Waals surface area contributed by atoms with Crippen molar-refractivity contribution in [2.75, 3.05) is 26.8 Å². The summed E-state index contributed by atoms with van der Waals surface area (Å²) in [5, 5.41) is 3.12. The number of nitrogens with zero attached hydrogens (tertiary/aromatic N) is 2. The number of methoxy groups -OCH3 is 1. The van der Waals surface area contributed by atoms with Gasteiger partial charge in [0, 0.05) is 32.8 Å². The van der Waals surface area contributed by atoms with Gasteiger partial charge in [-0.3, -0.25) is 14.7 Å². The van der Waals surface area contributed by atoms with E-state index >= 15 is 0 Å².